The van der Waals surface area contributed by atoms with Crippen molar-refractivity contribution in [2.45, 2.75) is 27.0 Å². The van der Waals surface area contributed by atoms with Crippen LogP contribution < -0.4 is 150 Å². The zero-order valence-electron chi connectivity index (χ0n) is 34.4. The number of pyridine rings is 1. The summed E-state index contributed by atoms with van der Waals surface area (Å²) >= 11 is 0.0696. The van der Waals surface area contributed by atoms with Crippen LogP contribution in [0.4, 0.5) is 50.2 Å². The molecule has 28 nitrogen and oxygen atoms in total. The second-order valence-corrected chi connectivity index (χ2v) is 18.2. The fourth-order valence-corrected chi connectivity index (χ4v) is 8.01. The summed E-state index contributed by atoms with van der Waals surface area (Å²) in [7, 11) is -20.5. The third-order valence-corrected chi connectivity index (χ3v) is 12.0. The number of carbonyl (C=O) groups excluding carboxylic acids is 1. The smallest absolute Gasteiger partial charge is 0.744 e. The molecule has 342 valence electrons. The molecule has 0 unspecified atom stereocenters. The van der Waals surface area contributed by atoms with Gasteiger partial charge in [-0.25, -0.2) is 38.2 Å². The maximum atomic E-state index is 14.4. The minimum atomic E-state index is -5.51. The molecule has 0 radical (unpaired) electrons. The molecule has 5 N–H and O–H groups in total. The van der Waals surface area contributed by atoms with E-state index in [9.17, 15) is 66.9 Å². The predicted molar refractivity (Wildman–Crippen MR) is 204 cm³/mol. The van der Waals surface area contributed by atoms with Crippen LogP contribution in [0, 0.1) is 6.08 Å². The summed E-state index contributed by atoms with van der Waals surface area (Å²) in [6.45, 7) is -1.07. The van der Waals surface area contributed by atoms with Gasteiger partial charge in [-0.05, 0) is 64.6 Å². The Bertz CT molecular complexity index is 3150. The average molecular weight is 1080 g/mol. The summed E-state index contributed by atoms with van der Waals surface area (Å²) in [5, 5.41) is 42.3. The average Bonchev–Trinajstić information content (AvgIpc) is 3.18. The van der Waals surface area contributed by atoms with Gasteiger partial charge in [-0.15, -0.1) is 29.8 Å². The first-order chi connectivity index (χ1) is 29.4. The first-order valence-corrected chi connectivity index (χ1v) is 22.5. The van der Waals surface area contributed by atoms with Gasteiger partial charge < -0.3 is 45.6 Å². The molecule has 0 aliphatic rings. The van der Waals surface area contributed by atoms with Gasteiger partial charge in [0.2, 0.25) is 10.4 Å². The zero-order chi connectivity index (χ0) is 46.5. The maximum absolute atomic E-state index is 14.4. The number of nitrogen functional groups attached to an aromatic ring is 2. The van der Waals surface area contributed by atoms with Crippen molar-refractivity contribution in [2.24, 2.45) is 20.5 Å². The minimum Gasteiger partial charge on any atom is -0.744 e. The Labute approximate surface area is 477 Å². The van der Waals surface area contributed by atoms with E-state index in [1.165, 1.54) is 0 Å². The van der Waals surface area contributed by atoms with E-state index in [0.717, 1.165) is 65.5 Å². The number of nitrogens with zero attached hydrogens (tertiary/aromatic N) is 8. The third-order valence-electron chi connectivity index (χ3n) is 7.51. The molecule has 0 saturated carbocycles. The number of hydrogen-bond donors (Lipinski definition) is 3. The van der Waals surface area contributed by atoms with Crippen molar-refractivity contribution in [3.63, 3.8) is 0 Å². The number of carboxylic acids is 1. The van der Waals surface area contributed by atoms with Gasteiger partial charge in [0.1, 0.15) is 43.0 Å². The summed E-state index contributed by atoms with van der Waals surface area (Å²) < 4.78 is 154. The second-order valence-electron chi connectivity index (χ2n) is 11.6. The zero-order valence-corrected chi connectivity index (χ0v) is 46.4. The van der Waals surface area contributed by atoms with Gasteiger partial charge in [-0.1, -0.05) is 7.43 Å². The molecular weight excluding hydrogens is 1060 g/mol. The summed E-state index contributed by atoms with van der Waals surface area (Å²) in [4.78, 5) is 18.9. The van der Waals surface area contributed by atoms with Crippen LogP contribution in [0.15, 0.2) is 107 Å². The van der Waals surface area contributed by atoms with E-state index in [1.807, 2.05) is 0 Å². The van der Waals surface area contributed by atoms with Crippen LogP contribution >= 0.6 is 12.0 Å². The van der Waals surface area contributed by atoms with Crippen LogP contribution in [0.2, 0.25) is 0 Å². The number of benzene rings is 3. The van der Waals surface area contributed by atoms with Crippen molar-refractivity contribution in [3.05, 3.63) is 78.6 Å². The van der Waals surface area contributed by atoms with Crippen LogP contribution in [0.25, 0.3) is 5.95 Å². The Morgan fingerprint density at radius 2 is 1.37 bits per heavy atom. The number of carboxylic acid groups (broad SMARTS) is 1. The predicted octanol–water partition coefficient (Wildman–Crippen LogP) is -11.7. The number of rotatable bonds is 18. The molecule has 3 aromatic carbocycles. The van der Waals surface area contributed by atoms with Crippen molar-refractivity contribution in [1.82, 2.24) is 15.0 Å². The van der Waals surface area contributed by atoms with E-state index in [-0.39, 0.29) is 165 Å². The van der Waals surface area contributed by atoms with Crippen LogP contribution in [0.1, 0.15) is 17.8 Å². The molecule has 0 fully saturated rings. The molecule has 0 atom stereocenters. The Kier molecular flexibility index (Phi) is 26.6. The summed E-state index contributed by atoms with van der Waals surface area (Å²) in [6, 6.07) is 7.98. The summed E-state index contributed by atoms with van der Waals surface area (Å²) in [5.74, 6) is -3.39. The number of hydrogen-bond acceptors (Lipinski definition) is 28. The van der Waals surface area contributed by atoms with Crippen molar-refractivity contribution < 1.29 is 203 Å². The molecule has 0 aliphatic heterocycles. The van der Waals surface area contributed by atoms with E-state index in [1.54, 1.807) is 0 Å². The second kappa shape index (κ2) is 27.5. The molecule has 2 aromatic heterocycles. The monoisotopic (exact) mass is 1080 g/mol. The quantitative estimate of drug-likeness (QED) is 0.00844. The normalized spacial score (nSPS) is 11.7. The Morgan fingerprint density at radius 3 is 1.94 bits per heavy atom. The number of azo groups is 2. The van der Waals surface area contributed by atoms with Crippen LogP contribution in [0.5, 0.6) is 0 Å². The van der Waals surface area contributed by atoms with E-state index < -0.39 is 114 Å². The summed E-state index contributed by atoms with van der Waals surface area (Å²) in [5.41, 5.74) is 7.37. The van der Waals surface area contributed by atoms with Crippen molar-refractivity contribution in [3.8, 4) is 5.95 Å². The van der Waals surface area contributed by atoms with Gasteiger partial charge in [0, 0.05) is 11.3 Å². The molecular formula is C30H24FN11Na4O17S5. The molecule has 5 aromatic rings. The van der Waals surface area contributed by atoms with Gasteiger partial charge in [0.25, 0.3) is 0 Å². The van der Waals surface area contributed by atoms with Crippen molar-refractivity contribution in [2.75, 3.05) is 29.1 Å². The van der Waals surface area contributed by atoms with Gasteiger partial charge in [0.15, 0.2) is 9.84 Å². The van der Waals surface area contributed by atoms with Crippen LogP contribution in [-0.4, -0.2) is 80.6 Å². The number of nitrogens with two attached hydrogens (primary N) is 2. The number of aromatic nitrogens is 4. The molecule has 0 aliphatic carbocycles. The number of halogens is 1. The SMILES string of the molecule is C.Nc1c(N=Nc2cc(Nc3nc(F)nc(-[n+]4ccc(C(=O)[O-])cc4)n3)ccc2S(=O)(=O)[O-])cc(S(=O)(=O)[O-])c(N)c1N=Nc1ccc(S(=O)(=O)CCOS(=O)(=O)[O-])cc1SOO[O-].[Na+].[Na+].[Na+].[Na+]. The first kappa shape index (κ1) is 65.7. The fourth-order valence-electron chi connectivity index (χ4n) is 4.74. The summed E-state index contributed by atoms with van der Waals surface area (Å²) in [6.07, 6.45) is 0.995. The van der Waals surface area contributed by atoms with Crippen LogP contribution in [-0.2, 0) is 54.0 Å². The van der Waals surface area contributed by atoms with Gasteiger partial charge in [-0.2, -0.15) is 4.33 Å². The molecule has 0 bridgehead atoms. The molecule has 5 rings (SSSR count). The topological polar surface area (TPSA) is 453 Å². The number of carbonyl (C=O) groups is 1. The number of sulfone groups is 1. The Morgan fingerprint density at radius 1 is 0.765 bits per heavy atom. The van der Waals surface area contributed by atoms with Gasteiger partial charge in [-0.3, -0.25) is 9.22 Å². The van der Waals surface area contributed by atoms with E-state index in [2.05, 4.69) is 54.3 Å². The van der Waals surface area contributed by atoms with Gasteiger partial charge in [0.05, 0.1) is 73.7 Å². The van der Waals surface area contributed by atoms with E-state index >= 15 is 0 Å². The standard InChI is InChI=1S/C29H24FN11O17S5.CH4.4Na/c30-27-34-28(36-29(35-27)41-7-5-14(6-8-41)26(42)43)33-15-1-4-21(61(47,48)49)18(11-15)38-39-19-13-22(62(50,51)52)24(32)25(23(19)31)40-37-17-3-2-16(12-20(17)59-58-57-44)60(45,46)10-9-56-63(53,54)55;;;;;/h1-8,11-13H,9-10,31-32H2,(H5-,33,34,35,36,42,43,44,47,48,49,50,51,52,53,54,55);1H4;;;;/q;;4*+1/p-4. The van der Waals surface area contributed by atoms with Gasteiger partial charge >= 0.3 is 136 Å². The fraction of sp³-hybridized carbons (Fsp3) is 0.100. The maximum Gasteiger partial charge on any atom is 1.00 e. The van der Waals surface area contributed by atoms with Crippen molar-refractivity contribution in [1.29, 1.82) is 0 Å². The van der Waals surface area contributed by atoms with E-state index in [4.69, 9.17) is 11.5 Å². The number of nitrogens with one attached hydrogen (secondary N) is 1. The first-order valence-electron chi connectivity index (χ1n) is 16.0. The van der Waals surface area contributed by atoms with Crippen LogP contribution in [0.3, 0.4) is 0 Å². The Balaban J connectivity index is 0.00000898. The third kappa shape index (κ3) is 18.1. The minimum absolute atomic E-state index is 0. The molecule has 38 heteroatoms. The Hall–Kier alpha value is -2.31. The van der Waals surface area contributed by atoms with Crippen molar-refractivity contribution >= 4 is 104 Å². The molecule has 0 amide bonds. The molecule has 2 heterocycles. The molecule has 0 saturated heterocycles. The molecule has 68 heavy (non-hydrogen) atoms. The number of aromatic carboxylic acids is 1. The largest absolute Gasteiger partial charge is 1.00 e. The molecule has 0 spiro atoms. The number of anilines is 4. The van der Waals surface area contributed by atoms with E-state index in [0.29, 0.717) is 6.07 Å².